The minimum absolute atomic E-state index is 0.0603. The van der Waals surface area contributed by atoms with Gasteiger partial charge in [-0.05, 0) is 18.2 Å². The summed E-state index contributed by atoms with van der Waals surface area (Å²) in [6.45, 7) is 0. The second-order valence-electron chi connectivity index (χ2n) is 7.19. The summed E-state index contributed by atoms with van der Waals surface area (Å²) in [5, 5.41) is 0. The van der Waals surface area contributed by atoms with Crippen molar-refractivity contribution < 1.29 is 14.4 Å². The molecule has 32 heavy (non-hydrogen) atoms. The molecule has 1 heterocycles. The Morgan fingerprint density at radius 3 is 1.84 bits per heavy atom. The average molecular weight is 420 g/mol. The second kappa shape index (κ2) is 9.62. The molecule has 0 atom stereocenters. The molecule has 0 saturated heterocycles. The van der Waals surface area contributed by atoms with Gasteiger partial charge in [-0.3, -0.25) is 19.3 Å². The second-order valence-corrected chi connectivity index (χ2v) is 7.19. The van der Waals surface area contributed by atoms with E-state index in [0.717, 1.165) is 0 Å². The summed E-state index contributed by atoms with van der Waals surface area (Å²) >= 11 is 0. The van der Waals surface area contributed by atoms with Gasteiger partial charge in [-0.25, -0.2) is 4.99 Å². The highest BCUT2D eigenvalue weighted by Crippen LogP contribution is 2.22. The number of ketones is 2. The van der Waals surface area contributed by atoms with E-state index < -0.39 is 0 Å². The normalized spacial score (nSPS) is 14.2. The highest BCUT2D eigenvalue weighted by Gasteiger charge is 2.22. The lowest BCUT2D eigenvalue weighted by Gasteiger charge is -2.23. The number of hydrogen-bond acceptors (Lipinski definition) is 4. The van der Waals surface area contributed by atoms with Crippen molar-refractivity contribution in [3.63, 3.8) is 0 Å². The maximum atomic E-state index is 13.1. The minimum atomic E-state index is -0.314. The third-order valence-electron chi connectivity index (χ3n) is 4.95. The number of carbonyl (C=O) groups excluding carboxylic acids is 3. The number of rotatable bonds is 6. The first-order valence-electron chi connectivity index (χ1n) is 10.1. The molecule has 0 N–H and O–H groups in total. The molecule has 1 aliphatic rings. The van der Waals surface area contributed by atoms with Gasteiger partial charge in [0.1, 0.15) is 6.34 Å². The fourth-order valence-corrected chi connectivity index (χ4v) is 3.28. The Labute approximate surface area is 186 Å². The van der Waals surface area contributed by atoms with E-state index in [0.29, 0.717) is 28.1 Å². The van der Waals surface area contributed by atoms with Crippen LogP contribution in [0.3, 0.4) is 0 Å². The summed E-state index contributed by atoms with van der Waals surface area (Å²) in [5.74, 6) is -0.650. The molecular weight excluding hydrogens is 400 g/mol. The molecule has 3 aromatic rings. The van der Waals surface area contributed by atoms with Gasteiger partial charge in [-0.15, -0.1) is 0 Å². The number of hydrogen-bond donors (Lipinski definition) is 0. The molecule has 0 unspecified atom stereocenters. The number of Topliss-reactive ketones (excluding diaryl/α,β-unsaturated/α-hetero) is 1. The number of aliphatic imine (C=N–C) groups is 1. The van der Waals surface area contributed by atoms with Crippen LogP contribution in [0.25, 0.3) is 0 Å². The predicted octanol–water partition coefficient (Wildman–Crippen LogP) is 5.09. The lowest BCUT2D eigenvalue weighted by molar-refractivity contribution is 0.0883. The Hall–Kier alpha value is -4.38. The zero-order valence-corrected chi connectivity index (χ0v) is 17.2. The molecule has 0 aromatic heterocycles. The molecule has 0 bridgehead atoms. The minimum Gasteiger partial charge on any atom is -0.294 e. The van der Waals surface area contributed by atoms with Gasteiger partial charge in [0.05, 0.1) is 17.8 Å². The average Bonchev–Trinajstić information content (AvgIpc) is 2.85. The first kappa shape index (κ1) is 20.9. The van der Waals surface area contributed by atoms with Gasteiger partial charge in [0, 0.05) is 22.8 Å². The van der Waals surface area contributed by atoms with Crippen LogP contribution in [0, 0.1) is 0 Å². The number of amides is 1. The summed E-state index contributed by atoms with van der Waals surface area (Å²) in [5.41, 5.74) is 2.39. The van der Waals surface area contributed by atoms with E-state index in [1.165, 1.54) is 17.3 Å². The van der Waals surface area contributed by atoms with Crippen LogP contribution in [-0.2, 0) is 0 Å². The van der Waals surface area contributed by atoms with E-state index in [1.54, 1.807) is 78.9 Å². The summed E-state index contributed by atoms with van der Waals surface area (Å²) in [6.07, 6.45) is 4.44. The van der Waals surface area contributed by atoms with Gasteiger partial charge in [0.15, 0.2) is 11.6 Å². The topological polar surface area (TPSA) is 66.8 Å². The highest BCUT2D eigenvalue weighted by molar-refractivity contribution is 6.08. The van der Waals surface area contributed by atoms with Crippen LogP contribution in [0.1, 0.15) is 37.5 Å². The Morgan fingerprint density at radius 2 is 1.25 bits per heavy atom. The smallest absolute Gasteiger partial charge is 0.263 e. The monoisotopic (exact) mass is 420 g/mol. The van der Waals surface area contributed by atoms with Crippen molar-refractivity contribution >= 4 is 23.8 Å². The molecule has 5 heteroatoms. The highest BCUT2D eigenvalue weighted by atomic mass is 16.2. The molecule has 0 saturated carbocycles. The fourth-order valence-electron chi connectivity index (χ4n) is 3.28. The largest absolute Gasteiger partial charge is 0.294 e. The van der Waals surface area contributed by atoms with Crippen LogP contribution in [-0.4, -0.2) is 28.7 Å². The summed E-state index contributed by atoms with van der Waals surface area (Å²) in [6, 6.07) is 26.5. The Morgan fingerprint density at radius 1 is 0.719 bits per heavy atom. The van der Waals surface area contributed by atoms with Crippen molar-refractivity contribution in [2.45, 2.75) is 6.42 Å². The number of benzene rings is 3. The Kier molecular flexibility index (Phi) is 6.28. The molecule has 5 nitrogen and oxygen atoms in total. The molecule has 0 fully saturated rings. The molecule has 3 aromatic carbocycles. The van der Waals surface area contributed by atoms with Crippen molar-refractivity contribution in [2.75, 3.05) is 0 Å². The molecular formula is C27H20N2O3. The Balaban J connectivity index is 1.65. The first-order chi connectivity index (χ1) is 15.6. The number of allylic oxidation sites excluding steroid dienone is 3. The van der Waals surface area contributed by atoms with E-state index in [9.17, 15) is 14.4 Å². The van der Waals surface area contributed by atoms with Crippen molar-refractivity contribution in [3.8, 4) is 0 Å². The van der Waals surface area contributed by atoms with Crippen LogP contribution in [0.2, 0.25) is 0 Å². The van der Waals surface area contributed by atoms with Gasteiger partial charge in [-0.1, -0.05) is 78.9 Å². The van der Waals surface area contributed by atoms with Gasteiger partial charge < -0.3 is 0 Å². The zero-order chi connectivity index (χ0) is 22.3. The summed E-state index contributed by atoms with van der Waals surface area (Å²) < 4.78 is 0. The van der Waals surface area contributed by atoms with E-state index in [2.05, 4.69) is 4.99 Å². The zero-order valence-electron chi connectivity index (χ0n) is 17.2. The van der Waals surface area contributed by atoms with Gasteiger partial charge >= 0.3 is 0 Å². The predicted molar refractivity (Wildman–Crippen MR) is 123 cm³/mol. The van der Waals surface area contributed by atoms with Gasteiger partial charge in [-0.2, -0.15) is 0 Å². The van der Waals surface area contributed by atoms with Crippen molar-refractivity contribution in [1.82, 2.24) is 4.90 Å². The van der Waals surface area contributed by atoms with Gasteiger partial charge in [0.2, 0.25) is 0 Å². The lowest BCUT2D eigenvalue weighted by Crippen LogP contribution is -2.31. The standard InChI is InChI=1S/C27H20N2O3/c30-25(20-10-4-1-5-11-20)17-23-16-24(18-26(31)21-12-6-2-7-13-21)29(19-28-23)27(32)22-14-8-3-9-15-22/h1-16,18-19H,17H2. The fraction of sp³-hybridized carbons (Fsp3) is 0.0370. The molecule has 4 rings (SSSR count). The van der Waals surface area contributed by atoms with Gasteiger partial charge in [0.25, 0.3) is 5.91 Å². The lowest BCUT2D eigenvalue weighted by atomic mass is 10.0. The SMILES string of the molecule is O=C(C=C1C=C(CC(=O)c2ccccc2)N=CN1C(=O)c1ccccc1)c1ccccc1. The van der Waals surface area contributed by atoms with E-state index in [1.807, 2.05) is 18.2 Å². The third-order valence-corrected chi connectivity index (χ3v) is 4.95. The van der Waals surface area contributed by atoms with Crippen LogP contribution < -0.4 is 0 Å². The third kappa shape index (κ3) is 4.84. The Bertz CT molecular complexity index is 1230. The molecule has 1 aliphatic heterocycles. The van der Waals surface area contributed by atoms with Crippen LogP contribution in [0.15, 0.2) is 120 Å². The van der Waals surface area contributed by atoms with Crippen LogP contribution in [0.4, 0.5) is 0 Å². The molecule has 0 spiro atoms. The van der Waals surface area contributed by atoms with Crippen LogP contribution in [0.5, 0.6) is 0 Å². The maximum absolute atomic E-state index is 13.1. The van der Waals surface area contributed by atoms with Crippen molar-refractivity contribution in [2.24, 2.45) is 4.99 Å². The van der Waals surface area contributed by atoms with E-state index >= 15 is 0 Å². The molecule has 0 aliphatic carbocycles. The molecule has 156 valence electrons. The number of carbonyl (C=O) groups is 3. The maximum Gasteiger partial charge on any atom is 0.263 e. The van der Waals surface area contributed by atoms with Crippen molar-refractivity contribution in [3.05, 3.63) is 131 Å². The first-order valence-corrected chi connectivity index (χ1v) is 10.1. The summed E-state index contributed by atoms with van der Waals surface area (Å²) in [4.78, 5) is 44.1. The summed E-state index contributed by atoms with van der Waals surface area (Å²) in [7, 11) is 0. The quantitative estimate of drug-likeness (QED) is 0.412. The van der Waals surface area contributed by atoms with Crippen LogP contribution >= 0.6 is 0 Å². The van der Waals surface area contributed by atoms with E-state index in [4.69, 9.17) is 0 Å². The van der Waals surface area contributed by atoms with Crippen molar-refractivity contribution in [1.29, 1.82) is 0 Å². The molecule has 0 radical (unpaired) electrons. The number of nitrogens with zero attached hydrogens (tertiary/aromatic N) is 2. The van der Waals surface area contributed by atoms with E-state index in [-0.39, 0.29) is 23.9 Å². The molecule has 1 amide bonds.